The van der Waals surface area contributed by atoms with Crippen LogP contribution < -0.4 is 0 Å². The molecule has 35 heavy (non-hydrogen) atoms. The van der Waals surface area contributed by atoms with Crippen LogP contribution in [0.4, 0.5) is 0 Å². The molecule has 0 amide bonds. The third kappa shape index (κ3) is 5.13. The zero-order valence-electron chi connectivity index (χ0n) is 22.3. The lowest BCUT2D eigenvalue weighted by molar-refractivity contribution is -0.132. The second-order valence-electron chi connectivity index (χ2n) is 12.9. The fourth-order valence-electron chi connectivity index (χ4n) is 9.47. The Morgan fingerprint density at radius 3 is 2.40 bits per heavy atom. The van der Waals surface area contributed by atoms with E-state index in [1.807, 2.05) is 0 Å². The molecule has 1 aliphatic heterocycles. The van der Waals surface area contributed by atoms with Crippen LogP contribution in [0.1, 0.15) is 71.6 Å². The molecule has 1 saturated heterocycles. The number of hydrogen-bond acceptors (Lipinski definition) is 5. The van der Waals surface area contributed by atoms with Gasteiger partial charge in [0.2, 0.25) is 10.0 Å². The van der Waals surface area contributed by atoms with Crippen molar-refractivity contribution < 1.29 is 17.9 Å². The number of ether oxygens (including phenoxy) is 1. The van der Waals surface area contributed by atoms with Gasteiger partial charge in [-0.3, -0.25) is 9.69 Å². The summed E-state index contributed by atoms with van der Waals surface area (Å²) in [6.45, 7) is 9.22. The molecule has 0 spiro atoms. The summed E-state index contributed by atoms with van der Waals surface area (Å²) in [4.78, 5) is 15.8. The lowest BCUT2D eigenvalue weighted by Crippen LogP contribution is -2.52. The highest BCUT2D eigenvalue weighted by Gasteiger charge is 2.58. The maximum Gasteiger partial charge on any atom is 0.211 e. The normalized spacial score (nSPS) is 42.8. The van der Waals surface area contributed by atoms with Gasteiger partial charge < -0.3 is 4.74 Å². The predicted octanol–water partition coefficient (Wildman–Crippen LogP) is 4.05. The number of nitrogens with zero attached hydrogens (tertiary/aromatic N) is 2. The van der Waals surface area contributed by atoms with Crippen molar-refractivity contribution in [3.05, 3.63) is 0 Å². The van der Waals surface area contributed by atoms with Crippen LogP contribution in [0, 0.1) is 46.8 Å². The summed E-state index contributed by atoms with van der Waals surface area (Å²) in [5.41, 5.74) is 0.172. The lowest BCUT2D eigenvalue weighted by atomic mass is 9.49. The van der Waals surface area contributed by atoms with Gasteiger partial charge in [-0.2, -0.15) is 4.31 Å². The number of carbonyl (C=O) groups excluding carboxylic acids is 1. The van der Waals surface area contributed by atoms with Gasteiger partial charge in [0.25, 0.3) is 0 Å². The minimum atomic E-state index is -3.13. The molecule has 0 aromatic rings. The van der Waals surface area contributed by atoms with E-state index in [9.17, 15) is 13.2 Å². The molecule has 3 unspecified atom stereocenters. The molecule has 1 heterocycles. The zero-order valence-corrected chi connectivity index (χ0v) is 23.1. The van der Waals surface area contributed by atoms with Crippen molar-refractivity contribution >= 4 is 15.8 Å². The minimum Gasteiger partial charge on any atom is -0.381 e. The van der Waals surface area contributed by atoms with Gasteiger partial charge in [-0.1, -0.05) is 6.92 Å². The summed E-state index contributed by atoms with van der Waals surface area (Å²) in [6.07, 6.45) is 13.0. The number of rotatable bonds is 7. The van der Waals surface area contributed by atoms with E-state index >= 15 is 0 Å². The Morgan fingerprint density at radius 2 is 1.69 bits per heavy atom. The first kappa shape index (κ1) is 26.1. The first-order chi connectivity index (χ1) is 16.7. The maximum atomic E-state index is 13.6. The van der Waals surface area contributed by atoms with Crippen LogP contribution >= 0.6 is 0 Å². The maximum absolute atomic E-state index is 13.6. The van der Waals surface area contributed by atoms with Crippen molar-refractivity contribution in [1.29, 1.82) is 0 Å². The highest BCUT2D eigenvalue weighted by Crippen LogP contribution is 2.64. The van der Waals surface area contributed by atoms with Crippen molar-refractivity contribution in [3.8, 4) is 0 Å². The van der Waals surface area contributed by atoms with Crippen LogP contribution in [0.2, 0.25) is 0 Å². The first-order valence-corrected chi connectivity index (χ1v) is 16.3. The summed E-state index contributed by atoms with van der Waals surface area (Å²) < 4.78 is 31.0. The quantitative estimate of drug-likeness (QED) is 0.519. The Labute approximate surface area is 213 Å². The second-order valence-corrected chi connectivity index (χ2v) is 14.8. The third-order valence-electron chi connectivity index (χ3n) is 11.2. The molecular weight excluding hydrogens is 460 g/mol. The number of ketones is 1. The summed E-state index contributed by atoms with van der Waals surface area (Å²) in [5.74, 6) is 5.65. The van der Waals surface area contributed by atoms with Crippen molar-refractivity contribution in [1.82, 2.24) is 9.21 Å². The summed E-state index contributed by atoms with van der Waals surface area (Å²) in [7, 11) is -3.13. The summed E-state index contributed by atoms with van der Waals surface area (Å²) in [6, 6.07) is 0. The van der Waals surface area contributed by atoms with Gasteiger partial charge in [-0.25, -0.2) is 8.42 Å². The van der Waals surface area contributed by atoms with Crippen molar-refractivity contribution in [2.75, 3.05) is 52.2 Å². The molecule has 0 aromatic carbocycles. The molecular formula is C28H48N2O4S. The van der Waals surface area contributed by atoms with Crippen LogP contribution in [-0.2, 0) is 19.6 Å². The second kappa shape index (κ2) is 10.3. The Bertz CT molecular complexity index is 870. The van der Waals surface area contributed by atoms with E-state index in [-0.39, 0.29) is 11.3 Å². The average Bonchev–Trinajstić information content (AvgIpc) is 3.19. The van der Waals surface area contributed by atoms with E-state index < -0.39 is 10.0 Å². The molecule has 5 aliphatic rings. The monoisotopic (exact) mass is 508 g/mol. The minimum absolute atomic E-state index is 0.172. The van der Waals surface area contributed by atoms with E-state index in [2.05, 4.69) is 18.7 Å². The molecule has 0 radical (unpaired) electrons. The summed E-state index contributed by atoms with van der Waals surface area (Å²) >= 11 is 0. The molecule has 0 bridgehead atoms. The fraction of sp³-hybridized carbons (Fsp3) is 0.964. The smallest absolute Gasteiger partial charge is 0.211 e. The molecule has 200 valence electrons. The van der Waals surface area contributed by atoms with E-state index in [0.717, 1.165) is 55.1 Å². The Hall–Kier alpha value is -0.500. The number of carbonyl (C=O) groups is 1. The molecule has 5 fully saturated rings. The molecule has 5 rings (SSSR count). The molecule has 4 aliphatic carbocycles. The number of piperazine rings is 1. The molecule has 0 N–H and O–H groups in total. The zero-order chi connectivity index (χ0) is 24.8. The molecule has 0 aromatic heterocycles. The van der Waals surface area contributed by atoms with E-state index in [1.165, 1.54) is 57.6 Å². The predicted molar refractivity (Wildman–Crippen MR) is 138 cm³/mol. The van der Waals surface area contributed by atoms with E-state index in [0.29, 0.717) is 38.5 Å². The van der Waals surface area contributed by atoms with E-state index in [1.54, 1.807) is 4.31 Å². The number of Topliss-reactive ketones (excluding diaryl/α,β-unsaturated/α-hetero) is 1. The number of hydrogen-bond donors (Lipinski definition) is 0. The van der Waals surface area contributed by atoms with Gasteiger partial charge in [0, 0.05) is 45.3 Å². The van der Waals surface area contributed by atoms with Gasteiger partial charge in [0.05, 0.1) is 12.8 Å². The van der Waals surface area contributed by atoms with Crippen LogP contribution in [0.5, 0.6) is 0 Å². The van der Waals surface area contributed by atoms with Crippen LogP contribution in [-0.4, -0.2) is 75.6 Å². The van der Waals surface area contributed by atoms with Gasteiger partial charge in [-0.05, 0) is 106 Å². The topological polar surface area (TPSA) is 66.9 Å². The van der Waals surface area contributed by atoms with Crippen LogP contribution in [0.25, 0.3) is 0 Å². The fourth-order valence-corrected chi connectivity index (χ4v) is 10.3. The van der Waals surface area contributed by atoms with Crippen molar-refractivity contribution in [2.45, 2.75) is 71.6 Å². The van der Waals surface area contributed by atoms with Gasteiger partial charge in [0.15, 0.2) is 0 Å². The molecule has 7 heteroatoms. The van der Waals surface area contributed by atoms with Gasteiger partial charge >= 0.3 is 0 Å². The number of sulfonamides is 1. The molecule has 6 nitrogen and oxygen atoms in total. The Morgan fingerprint density at radius 1 is 0.943 bits per heavy atom. The van der Waals surface area contributed by atoms with Crippen LogP contribution in [0.3, 0.4) is 0 Å². The largest absolute Gasteiger partial charge is 0.381 e. The van der Waals surface area contributed by atoms with Crippen molar-refractivity contribution in [3.63, 3.8) is 0 Å². The van der Waals surface area contributed by atoms with Crippen LogP contribution in [0.15, 0.2) is 0 Å². The van der Waals surface area contributed by atoms with Gasteiger partial charge in [0.1, 0.15) is 5.78 Å². The Balaban J connectivity index is 1.18. The highest BCUT2D eigenvalue weighted by molar-refractivity contribution is 7.88. The average molecular weight is 509 g/mol. The SMILES string of the molecule is CCOC[C@H]1CC[C@H]2C(CC[C@@H]3C2CC[C@@]2(C)C3CC[C@@H]2C(=O)CN2CCN(S(C)(=O)=O)CC2)C1. The van der Waals surface area contributed by atoms with E-state index in [4.69, 9.17) is 4.74 Å². The third-order valence-corrected chi connectivity index (χ3v) is 12.5. The van der Waals surface area contributed by atoms with Gasteiger partial charge in [-0.15, -0.1) is 0 Å². The Kier molecular flexibility index (Phi) is 7.72. The molecule has 4 saturated carbocycles. The first-order valence-electron chi connectivity index (χ1n) is 14.5. The lowest BCUT2D eigenvalue weighted by Gasteiger charge is -2.56. The molecule has 8 atom stereocenters. The summed E-state index contributed by atoms with van der Waals surface area (Å²) in [5, 5.41) is 0. The highest BCUT2D eigenvalue weighted by atomic mass is 32.2. The number of fused-ring (bicyclic) bond motifs is 5. The standard InChI is InChI=1S/C28H48N2O4S/c1-4-34-19-20-5-7-22-21(17-20)6-8-24-23(22)11-12-28(2)25(24)9-10-26(28)27(31)18-29-13-15-30(16-14-29)35(3,32)33/h20-26H,4-19H2,1-3H3/t20-,21?,22-,23?,24+,25?,26+,28-/m0/s1. The van der Waals surface area contributed by atoms with Crippen molar-refractivity contribution in [2.24, 2.45) is 46.8 Å².